The van der Waals surface area contributed by atoms with E-state index >= 15 is 0 Å². The average Bonchev–Trinajstić information content (AvgIpc) is 2.87. The van der Waals surface area contributed by atoms with Gasteiger partial charge in [0, 0.05) is 11.3 Å². The highest BCUT2D eigenvalue weighted by atomic mass is 32.1. The second-order valence-electron chi connectivity index (χ2n) is 4.35. The lowest BCUT2D eigenvalue weighted by molar-refractivity contribution is 0.194. The van der Waals surface area contributed by atoms with Gasteiger partial charge in [0.25, 0.3) is 0 Å². The van der Waals surface area contributed by atoms with Crippen molar-refractivity contribution in [1.82, 2.24) is 20.0 Å². The van der Waals surface area contributed by atoms with Crippen LogP contribution in [0, 0.1) is 0 Å². The van der Waals surface area contributed by atoms with Crippen LogP contribution in [0.3, 0.4) is 0 Å². The van der Waals surface area contributed by atoms with Crippen molar-refractivity contribution >= 4 is 11.3 Å². The molecule has 0 aromatic carbocycles. The largest absolute Gasteiger partial charge is 0.387 e. The number of rotatable bonds is 4. The Kier molecular flexibility index (Phi) is 3.54. The normalized spacial score (nSPS) is 13.2. The number of hydrogen-bond acceptors (Lipinski definition) is 5. The number of aliphatic hydroxyl groups is 1. The molecule has 5 nitrogen and oxygen atoms in total. The van der Waals surface area contributed by atoms with Crippen LogP contribution in [-0.4, -0.2) is 25.1 Å². The number of hydrogen-bond donors (Lipinski definition) is 1. The number of thiazole rings is 1. The van der Waals surface area contributed by atoms with Gasteiger partial charge in [-0.1, -0.05) is 19.1 Å². The minimum absolute atomic E-state index is 0.456. The number of aliphatic hydroxyl groups excluding tert-OH is 1. The zero-order valence-corrected chi connectivity index (χ0v) is 11.0. The minimum Gasteiger partial charge on any atom is -0.387 e. The summed E-state index contributed by atoms with van der Waals surface area (Å²) in [5.41, 5.74) is 1.57. The molecule has 0 spiro atoms. The molecule has 2 aromatic heterocycles. The third-order valence-electron chi connectivity index (χ3n) is 2.37. The van der Waals surface area contributed by atoms with Gasteiger partial charge in [0.15, 0.2) is 0 Å². The van der Waals surface area contributed by atoms with E-state index in [4.69, 9.17) is 0 Å². The fourth-order valence-corrected chi connectivity index (χ4v) is 2.23. The van der Waals surface area contributed by atoms with Gasteiger partial charge in [0.2, 0.25) is 0 Å². The Balaban J connectivity index is 2.08. The van der Waals surface area contributed by atoms with Crippen LogP contribution in [0.5, 0.6) is 0 Å². The van der Waals surface area contributed by atoms with E-state index in [2.05, 4.69) is 29.1 Å². The monoisotopic (exact) mass is 252 g/mol. The van der Waals surface area contributed by atoms with Gasteiger partial charge in [-0.25, -0.2) is 9.67 Å². The lowest BCUT2D eigenvalue weighted by Gasteiger charge is -1.98. The molecule has 1 atom stereocenters. The van der Waals surface area contributed by atoms with Crippen molar-refractivity contribution in [3.05, 3.63) is 28.0 Å². The molecule has 0 bridgehead atoms. The van der Waals surface area contributed by atoms with E-state index in [1.165, 1.54) is 0 Å². The van der Waals surface area contributed by atoms with Crippen molar-refractivity contribution in [1.29, 1.82) is 0 Å². The molecule has 1 N–H and O–H groups in total. The maximum absolute atomic E-state index is 9.35. The van der Waals surface area contributed by atoms with Crippen LogP contribution in [0.25, 0.3) is 0 Å². The van der Waals surface area contributed by atoms with Gasteiger partial charge in [0.05, 0.1) is 29.5 Å². The highest BCUT2D eigenvalue weighted by molar-refractivity contribution is 7.09. The van der Waals surface area contributed by atoms with E-state index in [1.807, 2.05) is 5.38 Å². The van der Waals surface area contributed by atoms with Crippen LogP contribution < -0.4 is 0 Å². The van der Waals surface area contributed by atoms with E-state index in [1.54, 1.807) is 29.1 Å². The summed E-state index contributed by atoms with van der Waals surface area (Å²) in [7, 11) is 0. The zero-order chi connectivity index (χ0) is 12.4. The molecule has 0 fully saturated rings. The second-order valence-corrected chi connectivity index (χ2v) is 5.24. The molecule has 0 amide bonds. The predicted octanol–water partition coefficient (Wildman–Crippen LogP) is 1.96. The summed E-state index contributed by atoms with van der Waals surface area (Å²) in [6.07, 6.45) is 1.17. The van der Waals surface area contributed by atoms with Gasteiger partial charge < -0.3 is 5.11 Å². The van der Waals surface area contributed by atoms with Crippen LogP contribution in [0.4, 0.5) is 0 Å². The molecule has 2 heterocycles. The van der Waals surface area contributed by atoms with E-state index < -0.39 is 6.10 Å². The summed E-state index contributed by atoms with van der Waals surface area (Å²) < 4.78 is 1.70. The summed E-state index contributed by atoms with van der Waals surface area (Å²) in [4.78, 5) is 4.53. The fraction of sp³-hybridized carbons (Fsp3) is 0.545. The molecule has 0 aliphatic heterocycles. The third kappa shape index (κ3) is 2.89. The Hall–Kier alpha value is -1.27. The van der Waals surface area contributed by atoms with Gasteiger partial charge in [-0.2, -0.15) is 0 Å². The Morgan fingerprint density at radius 1 is 1.41 bits per heavy atom. The maximum Gasteiger partial charge on any atom is 0.111 e. The number of aromatic nitrogens is 4. The quantitative estimate of drug-likeness (QED) is 0.903. The van der Waals surface area contributed by atoms with Crippen LogP contribution in [0.1, 0.15) is 49.2 Å². The zero-order valence-electron chi connectivity index (χ0n) is 10.2. The van der Waals surface area contributed by atoms with Gasteiger partial charge in [0.1, 0.15) is 5.69 Å². The Bertz CT molecular complexity index is 445. The Morgan fingerprint density at radius 2 is 2.18 bits per heavy atom. The maximum atomic E-state index is 9.35. The molecule has 0 saturated heterocycles. The first-order chi connectivity index (χ1) is 8.06. The lowest BCUT2D eigenvalue weighted by atomic mass is 10.2. The summed E-state index contributed by atoms with van der Waals surface area (Å²) in [5, 5.41) is 20.4. The standard InChI is InChI=1S/C11H16N4OS/c1-7(2)11-12-9(6-17-11)4-15-5-10(8(3)16)13-14-15/h5-8,16H,4H2,1-3H3. The molecule has 0 aliphatic rings. The summed E-state index contributed by atoms with van der Waals surface area (Å²) in [6.45, 7) is 6.53. The van der Waals surface area contributed by atoms with Crippen LogP contribution in [0.15, 0.2) is 11.6 Å². The first kappa shape index (κ1) is 12.2. The molecule has 1 unspecified atom stereocenters. The summed E-state index contributed by atoms with van der Waals surface area (Å²) in [5.74, 6) is 0.456. The molecule has 6 heteroatoms. The Morgan fingerprint density at radius 3 is 2.71 bits per heavy atom. The fourth-order valence-electron chi connectivity index (χ4n) is 1.41. The summed E-state index contributed by atoms with van der Waals surface area (Å²) in [6, 6.07) is 0. The van der Waals surface area contributed by atoms with Crippen LogP contribution in [-0.2, 0) is 6.54 Å². The molecule has 2 aromatic rings. The third-order valence-corrected chi connectivity index (χ3v) is 3.57. The van der Waals surface area contributed by atoms with Crippen molar-refractivity contribution in [2.45, 2.75) is 39.3 Å². The van der Waals surface area contributed by atoms with Gasteiger partial charge in [-0.15, -0.1) is 16.4 Å². The minimum atomic E-state index is -0.578. The Labute approximate surface area is 104 Å². The lowest BCUT2D eigenvalue weighted by Crippen LogP contribution is -2.01. The van der Waals surface area contributed by atoms with E-state index in [0.717, 1.165) is 10.7 Å². The van der Waals surface area contributed by atoms with E-state index in [9.17, 15) is 5.11 Å². The van der Waals surface area contributed by atoms with Crippen LogP contribution >= 0.6 is 11.3 Å². The molecular formula is C11H16N4OS. The van der Waals surface area contributed by atoms with E-state index in [-0.39, 0.29) is 0 Å². The highest BCUT2D eigenvalue weighted by Crippen LogP contribution is 2.19. The molecular weight excluding hydrogens is 236 g/mol. The van der Waals surface area contributed by atoms with Crippen LogP contribution in [0.2, 0.25) is 0 Å². The predicted molar refractivity (Wildman–Crippen MR) is 66.0 cm³/mol. The second kappa shape index (κ2) is 4.93. The van der Waals surface area contributed by atoms with Gasteiger partial charge in [-0.3, -0.25) is 0 Å². The first-order valence-corrected chi connectivity index (χ1v) is 6.46. The molecule has 92 valence electrons. The van der Waals surface area contributed by atoms with Crippen molar-refractivity contribution in [3.63, 3.8) is 0 Å². The average molecular weight is 252 g/mol. The van der Waals surface area contributed by atoms with Crippen molar-refractivity contribution in [3.8, 4) is 0 Å². The van der Waals surface area contributed by atoms with Gasteiger partial charge in [-0.05, 0) is 6.92 Å². The first-order valence-electron chi connectivity index (χ1n) is 5.58. The van der Waals surface area contributed by atoms with Gasteiger partial charge >= 0.3 is 0 Å². The molecule has 2 rings (SSSR count). The molecule has 0 saturated carbocycles. The topological polar surface area (TPSA) is 63.8 Å². The molecule has 0 radical (unpaired) electrons. The van der Waals surface area contributed by atoms with E-state index in [0.29, 0.717) is 18.2 Å². The van der Waals surface area contributed by atoms with Crippen molar-refractivity contribution in [2.24, 2.45) is 0 Å². The van der Waals surface area contributed by atoms with Crippen molar-refractivity contribution in [2.75, 3.05) is 0 Å². The van der Waals surface area contributed by atoms with Crippen molar-refractivity contribution < 1.29 is 5.11 Å². The molecule has 0 aliphatic carbocycles. The summed E-state index contributed by atoms with van der Waals surface area (Å²) >= 11 is 1.67. The smallest absolute Gasteiger partial charge is 0.111 e. The molecule has 17 heavy (non-hydrogen) atoms. The highest BCUT2D eigenvalue weighted by Gasteiger charge is 2.09. The SMILES string of the molecule is CC(C)c1nc(Cn2cc(C(C)O)nn2)cs1. The number of nitrogens with zero attached hydrogens (tertiary/aromatic N) is 4.